The van der Waals surface area contributed by atoms with E-state index in [0.29, 0.717) is 11.1 Å². The lowest BCUT2D eigenvalue weighted by Crippen LogP contribution is -2.57. The van der Waals surface area contributed by atoms with Gasteiger partial charge in [-0.25, -0.2) is 4.99 Å². The largest absolute Gasteiger partial charge is 0.369 e. The number of hydrogen-bond acceptors (Lipinski definition) is 7. The highest BCUT2D eigenvalue weighted by molar-refractivity contribution is 7.10. The molecule has 0 saturated carbocycles. The highest BCUT2D eigenvalue weighted by Gasteiger charge is 2.47. The Morgan fingerprint density at radius 3 is 2.41 bits per heavy atom. The molecule has 1 aliphatic heterocycles. The lowest BCUT2D eigenvalue weighted by atomic mass is 9.90. The molecule has 0 fully saturated rings. The predicted octanol–water partition coefficient (Wildman–Crippen LogP) is 2.18. The van der Waals surface area contributed by atoms with E-state index in [2.05, 4.69) is 17.1 Å². The van der Waals surface area contributed by atoms with Crippen LogP contribution in [0.25, 0.3) is 11.1 Å². The van der Waals surface area contributed by atoms with E-state index in [9.17, 15) is 15.3 Å². The molecule has 8 heteroatoms. The van der Waals surface area contributed by atoms with Crippen molar-refractivity contribution in [3.8, 4) is 23.3 Å². The first kappa shape index (κ1) is 18.6. The summed E-state index contributed by atoms with van der Waals surface area (Å²) in [6.07, 6.45) is -0.804. The van der Waals surface area contributed by atoms with Gasteiger partial charge in [-0.15, -0.1) is 11.3 Å². The second kappa shape index (κ2) is 6.84. The molecule has 1 aliphatic rings. The highest BCUT2D eigenvalue weighted by atomic mass is 32.1. The first-order valence-electron chi connectivity index (χ1n) is 8.04. The zero-order valence-electron chi connectivity index (χ0n) is 15.1. The van der Waals surface area contributed by atoms with Crippen LogP contribution >= 0.6 is 11.3 Å². The zero-order chi connectivity index (χ0) is 19.8. The molecule has 1 aromatic carbocycles. The number of thiophene rings is 1. The van der Waals surface area contributed by atoms with Gasteiger partial charge < -0.3 is 10.5 Å². The van der Waals surface area contributed by atoms with Crippen molar-refractivity contribution >= 4 is 23.2 Å². The summed E-state index contributed by atoms with van der Waals surface area (Å²) in [4.78, 5) is 19.2. The summed E-state index contributed by atoms with van der Waals surface area (Å²) < 4.78 is 5.45. The third-order valence-corrected chi connectivity index (χ3v) is 5.77. The molecule has 7 nitrogen and oxygen atoms in total. The lowest BCUT2D eigenvalue weighted by molar-refractivity contribution is -0.142. The van der Waals surface area contributed by atoms with E-state index in [1.807, 2.05) is 11.4 Å². The summed E-state index contributed by atoms with van der Waals surface area (Å²) in [7, 11) is 3.03. The van der Waals surface area contributed by atoms with Crippen molar-refractivity contribution in [2.75, 3.05) is 14.2 Å². The van der Waals surface area contributed by atoms with Gasteiger partial charge >= 0.3 is 0 Å². The number of hydrogen-bond donors (Lipinski definition) is 1. The standard InChI is InChI=1S/C19H17N5O2S/c1-19(16(26-3)17(25)24(2)18(22)23-19)15-7-14(10-27-15)13-5-11(8-20)4-12(6-13)9-21/h4-7,10,16H,1-3H3,(H2,22,23)/t16?,19-/m1/s1. The molecule has 1 amide bonds. The number of aliphatic imine (C=N–C) groups is 1. The van der Waals surface area contributed by atoms with E-state index in [0.717, 1.165) is 16.0 Å². The number of carbonyl (C=O) groups excluding carboxylic acids is 1. The quantitative estimate of drug-likeness (QED) is 0.877. The third kappa shape index (κ3) is 3.06. The van der Waals surface area contributed by atoms with E-state index < -0.39 is 11.6 Å². The number of rotatable bonds is 3. The van der Waals surface area contributed by atoms with Crippen molar-refractivity contribution in [1.82, 2.24) is 4.90 Å². The molecule has 2 N–H and O–H groups in total. The van der Waals surface area contributed by atoms with Crippen molar-refractivity contribution < 1.29 is 9.53 Å². The maximum Gasteiger partial charge on any atom is 0.261 e. The fraction of sp³-hybridized carbons (Fsp3) is 0.263. The molecule has 1 unspecified atom stereocenters. The monoisotopic (exact) mass is 379 g/mol. The molecule has 2 atom stereocenters. The molecule has 0 spiro atoms. The first-order chi connectivity index (χ1) is 12.8. The van der Waals surface area contributed by atoms with Gasteiger partial charge in [0.25, 0.3) is 5.91 Å². The number of amides is 1. The molecule has 2 aromatic rings. The fourth-order valence-corrected chi connectivity index (χ4v) is 4.14. The average Bonchev–Trinajstić information content (AvgIpc) is 3.17. The number of nitriles is 2. The maximum absolute atomic E-state index is 12.6. The smallest absolute Gasteiger partial charge is 0.261 e. The van der Waals surface area contributed by atoms with Gasteiger partial charge in [0.15, 0.2) is 12.1 Å². The topological polar surface area (TPSA) is 116 Å². The van der Waals surface area contributed by atoms with E-state index in [1.165, 1.54) is 23.3 Å². The van der Waals surface area contributed by atoms with E-state index in [4.69, 9.17) is 10.5 Å². The summed E-state index contributed by atoms with van der Waals surface area (Å²) in [5, 5.41) is 20.3. The third-order valence-electron chi connectivity index (χ3n) is 4.61. The van der Waals surface area contributed by atoms with Crippen LogP contribution in [-0.4, -0.2) is 37.0 Å². The molecule has 136 valence electrons. The maximum atomic E-state index is 12.6. The van der Waals surface area contributed by atoms with Crippen molar-refractivity contribution in [3.63, 3.8) is 0 Å². The van der Waals surface area contributed by atoms with Crippen LogP contribution in [0.3, 0.4) is 0 Å². The van der Waals surface area contributed by atoms with Crippen LogP contribution in [0.1, 0.15) is 22.9 Å². The van der Waals surface area contributed by atoms with Gasteiger partial charge in [-0.3, -0.25) is 9.69 Å². The van der Waals surface area contributed by atoms with Gasteiger partial charge in [0, 0.05) is 19.0 Å². The average molecular weight is 379 g/mol. The van der Waals surface area contributed by atoms with Gasteiger partial charge in [-0.2, -0.15) is 10.5 Å². The normalized spacial score (nSPS) is 22.1. The number of ether oxygens (including phenoxy) is 1. The van der Waals surface area contributed by atoms with Crippen LogP contribution in [0.5, 0.6) is 0 Å². The summed E-state index contributed by atoms with van der Waals surface area (Å²) in [6, 6.07) is 11.0. The number of likely N-dealkylation sites (N-methyl/N-ethyl adjacent to an activating group) is 1. The van der Waals surface area contributed by atoms with Gasteiger partial charge in [-0.1, -0.05) is 0 Å². The second-order valence-corrected chi connectivity index (χ2v) is 7.26. The Hall–Kier alpha value is -3.20. The van der Waals surface area contributed by atoms with Crippen LogP contribution in [0.4, 0.5) is 0 Å². The number of nitrogens with zero attached hydrogens (tertiary/aromatic N) is 4. The Labute approximate surface area is 160 Å². The molecule has 2 heterocycles. The minimum atomic E-state index is -0.962. The Morgan fingerprint density at radius 1 is 1.22 bits per heavy atom. The number of carbonyl (C=O) groups is 1. The Kier molecular flexibility index (Phi) is 4.71. The van der Waals surface area contributed by atoms with E-state index in [-0.39, 0.29) is 11.9 Å². The zero-order valence-corrected chi connectivity index (χ0v) is 15.9. The SMILES string of the molecule is COC1C(=O)N(C)C(N)=N[C@]1(C)c1cc(-c2cc(C#N)cc(C#N)c2)cs1. The molecule has 0 saturated heterocycles. The van der Waals surface area contributed by atoms with Crippen molar-refractivity contribution in [1.29, 1.82) is 10.5 Å². The van der Waals surface area contributed by atoms with E-state index >= 15 is 0 Å². The molecule has 0 aliphatic carbocycles. The van der Waals surface area contributed by atoms with Gasteiger partial charge in [0.2, 0.25) is 0 Å². The molecule has 1 aromatic heterocycles. The summed E-state index contributed by atoms with van der Waals surface area (Å²) in [5.41, 5.74) is 7.37. The molecule has 3 rings (SSSR count). The minimum Gasteiger partial charge on any atom is -0.369 e. The summed E-state index contributed by atoms with van der Waals surface area (Å²) >= 11 is 1.42. The van der Waals surface area contributed by atoms with Crippen LogP contribution < -0.4 is 5.73 Å². The van der Waals surface area contributed by atoms with E-state index in [1.54, 1.807) is 32.2 Å². The summed E-state index contributed by atoms with van der Waals surface area (Å²) in [5.74, 6) is -0.135. The van der Waals surface area contributed by atoms with Gasteiger partial charge in [0.05, 0.1) is 23.3 Å². The van der Waals surface area contributed by atoms with Gasteiger partial charge in [0.1, 0.15) is 5.54 Å². The number of methoxy groups -OCH3 is 1. The number of nitrogens with two attached hydrogens (primary N) is 1. The fourth-order valence-electron chi connectivity index (χ4n) is 3.09. The van der Waals surface area contributed by atoms with Crippen molar-refractivity contribution in [2.24, 2.45) is 10.7 Å². The highest BCUT2D eigenvalue weighted by Crippen LogP contribution is 2.40. The van der Waals surface area contributed by atoms with Crippen LogP contribution in [-0.2, 0) is 15.1 Å². The number of guanidine groups is 1. The molecular formula is C19H17N5O2S. The lowest BCUT2D eigenvalue weighted by Gasteiger charge is -2.38. The Morgan fingerprint density at radius 2 is 1.85 bits per heavy atom. The molecule has 0 radical (unpaired) electrons. The Bertz CT molecular complexity index is 997. The molecule has 0 bridgehead atoms. The summed E-state index contributed by atoms with van der Waals surface area (Å²) in [6.45, 7) is 1.81. The van der Waals surface area contributed by atoms with Crippen molar-refractivity contribution in [2.45, 2.75) is 18.6 Å². The predicted molar refractivity (Wildman–Crippen MR) is 102 cm³/mol. The minimum absolute atomic E-state index is 0.129. The Balaban J connectivity index is 2.09. The second-order valence-electron chi connectivity index (χ2n) is 6.35. The van der Waals surface area contributed by atoms with Crippen LogP contribution in [0, 0.1) is 22.7 Å². The number of benzene rings is 1. The molecule has 27 heavy (non-hydrogen) atoms. The van der Waals surface area contributed by atoms with Gasteiger partial charge in [-0.05, 0) is 47.7 Å². The van der Waals surface area contributed by atoms with Crippen LogP contribution in [0.2, 0.25) is 0 Å². The van der Waals surface area contributed by atoms with Crippen LogP contribution in [0.15, 0.2) is 34.6 Å². The van der Waals surface area contributed by atoms with Crippen molar-refractivity contribution in [3.05, 3.63) is 45.6 Å². The first-order valence-corrected chi connectivity index (χ1v) is 8.92. The molecular weight excluding hydrogens is 362 g/mol.